The van der Waals surface area contributed by atoms with E-state index in [1.165, 1.54) is 14.4 Å². The van der Waals surface area contributed by atoms with Gasteiger partial charge in [-0.05, 0) is 0 Å². The number of hydrogen-bond acceptors (Lipinski definition) is 4. The normalized spacial score (nSPS) is 11.5. The van der Waals surface area contributed by atoms with E-state index in [4.69, 9.17) is 0 Å². The van der Waals surface area contributed by atoms with Crippen molar-refractivity contribution in [1.82, 2.24) is 9.97 Å². The standard InChI is InChI=1S/C14H10AsIN2OS/c1-8(19)15-10-3-2-4-12-9(10)5-13(20-12)11-6-14(16)18-7-17-11/h2-7,15H,1H3. The van der Waals surface area contributed by atoms with Crippen LogP contribution in [0.1, 0.15) is 6.92 Å². The van der Waals surface area contributed by atoms with Gasteiger partial charge in [-0.25, -0.2) is 0 Å². The van der Waals surface area contributed by atoms with Crippen molar-refractivity contribution in [3.63, 3.8) is 0 Å². The molecule has 0 aliphatic heterocycles. The fourth-order valence-electron chi connectivity index (χ4n) is 1.95. The molecule has 2 heterocycles. The molecule has 3 nitrogen and oxygen atoms in total. The molecule has 100 valence electrons. The summed E-state index contributed by atoms with van der Waals surface area (Å²) >= 11 is 3.20. The third-order valence-corrected chi connectivity index (χ3v) is 6.69. The molecule has 0 fully saturated rings. The zero-order valence-electron chi connectivity index (χ0n) is 10.6. The molecular weight excluding hydrogens is 446 g/mol. The Kier molecular flexibility index (Phi) is 4.19. The number of halogens is 1. The Hall–Kier alpha value is -0.782. The number of benzene rings is 1. The molecule has 1 atom stereocenters. The molecule has 0 saturated carbocycles. The Morgan fingerprint density at radius 3 is 2.90 bits per heavy atom. The summed E-state index contributed by atoms with van der Waals surface area (Å²) in [6.07, 6.45) is 1.59. The van der Waals surface area contributed by atoms with E-state index in [1.807, 2.05) is 12.1 Å². The number of rotatable bonds is 3. The summed E-state index contributed by atoms with van der Waals surface area (Å²) < 4.78 is 3.67. The van der Waals surface area contributed by atoms with Gasteiger partial charge in [0.15, 0.2) is 0 Å². The number of carbonyl (C=O) groups is 1. The summed E-state index contributed by atoms with van der Waals surface area (Å²) in [6.45, 7) is 1.68. The van der Waals surface area contributed by atoms with Crippen molar-refractivity contribution in [3.8, 4) is 10.6 Å². The average molecular weight is 456 g/mol. The van der Waals surface area contributed by atoms with Crippen LogP contribution in [-0.4, -0.2) is 30.3 Å². The Morgan fingerprint density at radius 2 is 2.15 bits per heavy atom. The van der Waals surface area contributed by atoms with Gasteiger partial charge in [0, 0.05) is 0 Å². The first-order valence-electron chi connectivity index (χ1n) is 5.91. The van der Waals surface area contributed by atoms with Gasteiger partial charge >= 0.3 is 141 Å². The topological polar surface area (TPSA) is 42.9 Å². The van der Waals surface area contributed by atoms with Crippen LogP contribution in [0, 0.1) is 3.70 Å². The van der Waals surface area contributed by atoms with Crippen LogP contribution in [0.4, 0.5) is 0 Å². The van der Waals surface area contributed by atoms with E-state index in [2.05, 4.69) is 50.8 Å². The summed E-state index contributed by atoms with van der Waals surface area (Å²) in [4.78, 5) is 21.0. The van der Waals surface area contributed by atoms with Crippen LogP contribution in [0.3, 0.4) is 0 Å². The van der Waals surface area contributed by atoms with Crippen molar-refractivity contribution in [3.05, 3.63) is 40.4 Å². The third-order valence-electron chi connectivity index (χ3n) is 2.76. The van der Waals surface area contributed by atoms with E-state index in [1.54, 1.807) is 24.6 Å². The van der Waals surface area contributed by atoms with Gasteiger partial charge < -0.3 is 0 Å². The second kappa shape index (κ2) is 5.92. The van der Waals surface area contributed by atoms with E-state index in [9.17, 15) is 4.79 Å². The van der Waals surface area contributed by atoms with Crippen LogP contribution in [-0.2, 0) is 4.79 Å². The first kappa shape index (κ1) is 14.2. The molecule has 3 rings (SSSR count). The van der Waals surface area contributed by atoms with Crippen LogP contribution >= 0.6 is 33.9 Å². The molecule has 1 aromatic carbocycles. The fourth-order valence-corrected chi connectivity index (χ4v) is 5.51. The Labute approximate surface area is 140 Å². The summed E-state index contributed by atoms with van der Waals surface area (Å²) in [5, 5.41) is 1.20. The van der Waals surface area contributed by atoms with Gasteiger partial charge in [0.25, 0.3) is 0 Å². The first-order chi connectivity index (χ1) is 9.63. The molecule has 0 spiro atoms. The summed E-state index contributed by atoms with van der Waals surface area (Å²) in [5.74, 6) is 0. The minimum atomic E-state index is -0.707. The Bertz CT molecular complexity index is 803. The second-order valence-electron chi connectivity index (χ2n) is 4.24. The third kappa shape index (κ3) is 2.94. The van der Waals surface area contributed by atoms with Crippen LogP contribution in [0.2, 0.25) is 0 Å². The quantitative estimate of drug-likeness (QED) is 0.346. The minimum absolute atomic E-state index is 0.307. The summed E-state index contributed by atoms with van der Waals surface area (Å²) in [6, 6.07) is 10.3. The molecule has 20 heavy (non-hydrogen) atoms. The van der Waals surface area contributed by atoms with Crippen LogP contribution in [0.25, 0.3) is 20.7 Å². The van der Waals surface area contributed by atoms with E-state index in [-0.39, 0.29) is 0 Å². The van der Waals surface area contributed by atoms with Gasteiger partial charge in [-0.15, -0.1) is 0 Å². The predicted molar refractivity (Wildman–Crippen MR) is 93.0 cm³/mol. The molecular formula is C14H10AsIN2OS. The van der Waals surface area contributed by atoms with Gasteiger partial charge in [0.1, 0.15) is 0 Å². The van der Waals surface area contributed by atoms with Gasteiger partial charge in [-0.1, -0.05) is 0 Å². The molecule has 3 aromatic rings. The number of carbonyl (C=O) groups excluding carboxylic acids is 1. The molecule has 2 aromatic heterocycles. The molecule has 6 heteroatoms. The molecule has 0 aliphatic carbocycles. The van der Waals surface area contributed by atoms with Crippen molar-refractivity contribution >= 4 is 68.7 Å². The van der Waals surface area contributed by atoms with E-state index in [0.29, 0.717) is 4.57 Å². The van der Waals surface area contributed by atoms with E-state index in [0.717, 1.165) is 14.3 Å². The van der Waals surface area contributed by atoms with Crippen molar-refractivity contribution in [2.24, 2.45) is 0 Å². The van der Waals surface area contributed by atoms with Crippen LogP contribution in [0.5, 0.6) is 0 Å². The monoisotopic (exact) mass is 456 g/mol. The van der Waals surface area contributed by atoms with Crippen molar-refractivity contribution in [2.75, 3.05) is 0 Å². The molecule has 0 N–H and O–H groups in total. The zero-order valence-corrected chi connectivity index (χ0v) is 15.6. The number of hydrogen-bond donors (Lipinski definition) is 0. The SMILES string of the molecule is CC(=O)[AsH]c1cccc2sc(-c3cc(I)ncn3)cc12. The molecule has 1 unspecified atom stereocenters. The number of fused-ring (bicyclic) bond motifs is 1. The maximum atomic E-state index is 11.4. The Morgan fingerprint density at radius 1 is 1.30 bits per heavy atom. The summed E-state index contributed by atoms with van der Waals surface area (Å²) in [7, 11) is 0. The fraction of sp³-hybridized carbons (Fsp3) is 0.0714. The number of nitrogens with zero attached hydrogens (tertiary/aromatic N) is 2. The molecule has 0 saturated heterocycles. The predicted octanol–water partition coefficient (Wildman–Crippen LogP) is 2.57. The number of aromatic nitrogens is 2. The summed E-state index contributed by atoms with van der Waals surface area (Å²) in [5.41, 5.74) is 0.944. The van der Waals surface area contributed by atoms with Crippen molar-refractivity contribution in [2.45, 2.75) is 6.92 Å². The van der Waals surface area contributed by atoms with Gasteiger partial charge in [-0.2, -0.15) is 0 Å². The van der Waals surface area contributed by atoms with Gasteiger partial charge in [0.2, 0.25) is 0 Å². The number of thiophene rings is 1. The van der Waals surface area contributed by atoms with Gasteiger partial charge in [0.05, 0.1) is 0 Å². The van der Waals surface area contributed by atoms with Crippen molar-refractivity contribution in [1.29, 1.82) is 0 Å². The van der Waals surface area contributed by atoms with E-state index >= 15 is 0 Å². The van der Waals surface area contributed by atoms with Crippen molar-refractivity contribution < 1.29 is 4.79 Å². The van der Waals surface area contributed by atoms with Crippen LogP contribution in [0.15, 0.2) is 36.7 Å². The maximum absolute atomic E-state index is 11.4. The molecule has 0 aliphatic rings. The molecule has 0 amide bonds. The second-order valence-corrected chi connectivity index (χ2v) is 9.56. The first-order valence-corrected chi connectivity index (χ1v) is 9.91. The van der Waals surface area contributed by atoms with E-state index < -0.39 is 15.8 Å². The zero-order chi connectivity index (χ0) is 14.1. The molecule has 0 bridgehead atoms. The Balaban J connectivity index is 2.13. The van der Waals surface area contributed by atoms with Crippen LogP contribution < -0.4 is 4.35 Å². The van der Waals surface area contributed by atoms with Gasteiger partial charge in [-0.3, -0.25) is 0 Å². The molecule has 0 radical (unpaired) electrons. The average Bonchev–Trinajstić information content (AvgIpc) is 2.83.